The van der Waals surface area contributed by atoms with Gasteiger partial charge in [-0.1, -0.05) is 13.8 Å². The topological polar surface area (TPSA) is 58.6 Å². The summed E-state index contributed by atoms with van der Waals surface area (Å²) >= 11 is 0. The van der Waals surface area contributed by atoms with Gasteiger partial charge < -0.3 is 15.2 Å². The number of nitrogens with one attached hydrogen (secondary N) is 1. The summed E-state index contributed by atoms with van der Waals surface area (Å²) in [5, 5.41) is 12.7. The fraction of sp³-hybridized carbons (Fsp3) is 0.933. The van der Waals surface area contributed by atoms with Gasteiger partial charge in [-0.15, -0.1) is 0 Å². The van der Waals surface area contributed by atoms with Crippen LogP contribution in [0.25, 0.3) is 0 Å². The summed E-state index contributed by atoms with van der Waals surface area (Å²) in [5.74, 6) is 0.195. The molecule has 0 bridgehead atoms. The highest BCUT2D eigenvalue weighted by atomic mass is 16.5. The van der Waals surface area contributed by atoms with Gasteiger partial charge in [0.2, 0.25) is 0 Å². The summed E-state index contributed by atoms with van der Waals surface area (Å²) in [6.07, 6.45) is 5.41. The number of hydrogen-bond donors (Lipinski definition) is 2. The maximum absolute atomic E-state index is 11.2. The zero-order valence-corrected chi connectivity index (χ0v) is 12.5. The summed E-state index contributed by atoms with van der Waals surface area (Å²) in [6.45, 7) is 5.61. The zero-order chi connectivity index (χ0) is 14.3. The molecule has 19 heavy (non-hydrogen) atoms. The normalized spacial score (nSPS) is 25.5. The molecule has 0 radical (unpaired) electrons. The lowest BCUT2D eigenvalue weighted by Gasteiger charge is -2.29. The van der Waals surface area contributed by atoms with E-state index in [2.05, 4.69) is 19.2 Å². The van der Waals surface area contributed by atoms with Crippen LogP contribution in [0.4, 0.5) is 0 Å². The van der Waals surface area contributed by atoms with Crippen LogP contribution < -0.4 is 5.32 Å². The molecule has 0 aromatic carbocycles. The van der Waals surface area contributed by atoms with Crippen LogP contribution in [0.1, 0.15) is 46.0 Å². The summed E-state index contributed by atoms with van der Waals surface area (Å²) in [5.41, 5.74) is 0. The van der Waals surface area contributed by atoms with Crippen molar-refractivity contribution in [3.05, 3.63) is 0 Å². The summed E-state index contributed by atoms with van der Waals surface area (Å²) in [4.78, 5) is 11.2. The Kier molecular flexibility index (Phi) is 7.39. The first-order valence-electron chi connectivity index (χ1n) is 7.48. The highest BCUT2D eigenvalue weighted by molar-refractivity contribution is 5.70. The molecule has 1 aliphatic carbocycles. The predicted molar refractivity (Wildman–Crippen MR) is 76.2 cm³/mol. The largest absolute Gasteiger partial charge is 0.481 e. The minimum absolute atomic E-state index is 0.253. The third-order valence-electron chi connectivity index (χ3n) is 4.01. The Balaban J connectivity index is 2.26. The monoisotopic (exact) mass is 271 g/mol. The molecule has 0 heterocycles. The van der Waals surface area contributed by atoms with Crippen molar-refractivity contribution in [2.75, 3.05) is 20.3 Å². The smallest absolute Gasteiger partial charge is 0.307 e. The van der Waals surface area contributed by atoms with E-state index in [0.29, 0.717) is 24.4 Å². The van der Waals surface area contributed by atoms with E-state index in [4.69, 9.17) is 4.74 Å². The molecule has 1 atom stereocenters. The summed E-state index contributed by atoms with van der Waals surface area (Å²) in [6, 6.07) is 0.488. The molecule has 4 nitrogen and oxygen atoms in total. The van der Waals surface area contributed by atoms with Gasteiger partial charge in [0, 0.05) is 26.3 Å². The lowest BCUT2D eigenvalue weighted by molar-refractivity contribution is -0.142. The maximum atomic E-state index is 11.2. The average Bonchev–Trinajstić information content (AvgIpc) is 2.36. The number of carboxylic acid groups (broad SMARTS) is 1. The van der Waals surface area contributed by atoms with Crippen molar-refractivity contribution < 1.29 is 14.6 Å². The highest BCUT2D eigenvalue weighted by Gasteiger charge is 2.24. The van der Waals surface area contributed by atoms with Gasteiger partial charge >= 0.3 is 5.97 Å². The highest BCUT2D eigenvalue weighted by Crippen LogP contribution is 2.24. The Morgan fingerprint density at radius 1 is 1.32 bits per heavy atom. The van der Waals surface area contributed by atoms with E-state index in [-0.39, 0.29) is 5.92 Å². The molecular formula is C15H29NO3. The number of rotatable bonds is 8. The van der Waals surface area contributed by atoms with E-state index in [1.165, 1.54) is 12.8 Å². The van der Waals surface area contributed by atoms with E-state index in [9.17, 15) is 9.90 Å². The molecule has 4 heteroatoms. The van der Waals surface area contributed by atoms with Crippen molar-refractivity contribution in [2.24, 2.45) is 17.8 Å². The van der Waals surface area contributed by atoms with E-state index >= 15 is 0 Å². The Hall–Kier alpha value is -0.610. The molecule has 1 saturated carbocycles. The Labute approximate surface area is 116 Å². The number of hydrogen-bond acceptors (Lipinski definition) is 3. The van der Waals surface area contributed by atoms with Crippen LogP contribution in [0, 0.1) is 17.8 Å². The molecule has 0 aromatic rings. The second kappa shape index (κ2) is 8.54. The molecule has 112 valence electrons. The van der Waals surface area contributed by atoms with E-state index in [1.807, 2.05) is 0 Å². The van der Waals surface area contributed by atoms with E-state index in [0.717, 1.165) is 25.9 Å². The van der Waals surface area contributed by atoms with Gasteiger partial charge in [0.15, 0.2) is 0 Å². The lowest BCUT2D eigenvalue weighted by Crippen LogP contribution is -2.39. The summed E-state index contributed by atoms with van der Waals surface area (Å²) in [7, 11) is 1.76. The predicted octanol–water partition coefficient (Wildman–Crippen LogP) is 2.53. The van der Waals surface area contributed by atoms with Crippen molar-refractivity contribution in [3.63, 3.8) is 0 Å². The second-order valence-electron chi connectivity index (χ2n) is 6.25. The number of aliphatic carboxylic acids is 1. The zero-order valence-electron chi connectivity index (χ0n) is 12.5. The molecule has 2 N–H and O–H groups in total. The Morgan fingerprint density at radius 2 is 1.95 bits per heavy atom. The molecule has 1 rings (SSSR count). The fourth-order valence-electron chi connectivity index (χ4n) is 2.92. The van der Waals surface area contributed by atoms with Gasteiger partial charge in [0.25, 0.3) is 0 Å². The SMILES string of the molecule is COCC1CCC(NCC(CC(C)C)C(=O)O)CC1. The van der Waals surface area contributed by atoms with Crippen molar-refractivity contribution in [1.29, 1.82) is 0 Å². The first-order valence-corrected chi connectivity index (χ1v) is 7.48. The molecule has 0 amide bonds. The van der Waals surface area contributed by atoms with Crippen LogP contribution in [0.15, 0.2) is 0 Å². The average molecular weight is 271 g/mol. The van der Waals surface area contributed by atoms with Crippen LogP contribution in [0.5, 0.6) is 0 Å². The van der Waals surface area contributed by atoms with Crippen LogP contribution in [-0.4, -0.2) is 37.4 Å². The second-order valence-corrected chi connectivity index (χ2v) is 6.25. The fourth-order valence-corrected chi connectivity index (χ4v) is 2.92. The summed E-state index contributed by atoms with van der Waals surface area (Å²) < 4.78 is 5.19. The Bertz CT molecular complexity index is 260. The first-order chi connectivity index (χ1) is 9.02. The standard InChI is InChI=1S/C15H29NO3/c1-11(2)8-13(15(17)18)9-16-14-6-4-12(5-7-14)10-19-3/h11-14,16H,4-10H2,1-3H3,(H,17,18). The quantitative estimate of drug-likeness (QED) is 0.712. The van der Waals surface area contributed by atoms with Gasteiger partial charge in [-0.2, -0.15) is 0 Å². The molecule has 0 saturated heterocycles. The van der Waals surface area contributed by atoms with Crippen LogP contribution in [0.3, 0.4) is 0 Å². The third kappa shape index (κ3) is 6.39. The van der Waals surface area contributed by atoms with Crippen molar-refractivity contribution in [2.45, 2.75) is 52.0 Å². The molecule has 0 aliphatic heterocycles. The molecule has 1 fully saturated rings. The van der Waals surface area contributed by atoms with Crippen LogP contribution >= 0.6 is 0 Å². The lowest BCUT2D eigenvalue weighted by atomic mass is 9.86. The van der Waals surface area contributed by atoms with Crippen LogP contribution in [0.2, 0.25) is 0 Å². The van der Waals surface area contributed by atoms with E-state index < -0.39 is 5.97 Å². The number of methoxy groups -OCH3 is 1. The van der Waals surface area contributed by atoms with Gasteiger partial charge in [0.1, 0.15) is 0 Å². The van der Waals surface area contributed by atoms with Crippen molar-refractivity contribution in [1.82, 2.24) is 5.32 Å². The minimum atomic E-state index is -0.672. The Morgan fingerprint density at radius 3 is 2.42 bits per heavy atom. The van der Waals surface area contributed by atoms with Gasteiger partial charge in [-0.25, -0.2) is 0 Å². The third-order valence-corrected chi connectivity index (χ3v) is 4.01. The van der Waals surface area contributed by atoms with Gasteiger partial charge in [-0.05, 0) is 43.9 Å². The molecule has 1 unspecified atom stereocenters. The van der Waals surface area contributed by atoms with Gasteiger partial charge in [0.05, 0.1) is 5.92 Å². The number of carboxylic acids is 1. The molecule has 1 aliphatic rings. The number of ether oxygens (including phenoxy) is 1. The van der Waals surface area contributed by atoms with Crippen molar-refractivity contribution >= 4 is 5.97 Å². The molecule has 0 aromatic heterocycles. The molecular weight excluding hydrogens is 242 g/mol. The first kappa shape index (κ1) is 16.4. The molecule has 0 spiro atoms. The van der Waals surface area contributed by atoms with Gasteiger partial charge in [-0.3, -0.25) is 4.79 Å². The van der Waals surface area contributed by atoms with E-state index in [1.54, 1.807) is 7.11 Å². The minimum Gasteiger partial charge on any atom is -0.481 e. The maximum Gasteiger partial charge on any atom is 0.307 e. The van der Waals surface area contributed by atoms with Crippen molar-refractivity contribution in [3.8, 4) is 0 Å². The number of carbonyl (C=O) groups is 1. The van der Waals surface area contributed by atoms with Crippen LogP contribution in [-0.2, 0) is 9.53 Å².